The van der Waals surface area contributed by atoms with Crippen LogP contribution in [0.2, 0.25) is 5.02 Å². The first-order valence-electron chi connectivity index (χ1n) is 7.69. The van der Waals surface area contributed by atoms with Crippen LogP contribution in [0.25, 0.3) is 0 Å². The van der Waals surface area contributed by atoms with Crippen molar-refractivity contribution >= 4 is 17.5 Å². The van der Waals surface area contributed by atoms with Crippen LogP contribution in [0.1, 0.15) is 18.0 Å². The molecule has 6 heteroatoms. The third-order valence-electron chi connectivity index (χ3n) is 3.81. The minimum Gasteiger partial charge on any atom is -0.379 e. The number of nitrogens with zero attached hydrogens (tertiary/aromatic N) is 1. The fraction of sp³-hybridized carbons (Fsp3) is 0.562. The number of morpholine rings is 1. The molecule has 22 heavy (non-hydrogen) atoms. The highest BCUT2D eigenvalue weighted by molar-refractivity contribution is 6.30. The van der Waals surface area contributed by atoms with Crippen molar-refractivity contribution in [3.63, 3.8) is 0 Å². The van der Waals surface area contributed by atoms with Gasteiger partial charge < -0.3 is 15.4 Å². The maximum atomic E-state index is 11.9. The Bertz CT molecular complexity index is 478. The monoisotopic (exact) mass is 325 g/mol. The molecule has 1 unspecified atom stereocenters. The second kappa shape index (κ2) is 9.10. The van der Waals surface area contributed by atoms with Crippen molar-refractivity contribution in [2.45, 2.75) is 12.5 Å². The molecule has 122 valence electrons. The summed E-state index contributed by atoms with van der Waals surface area (Å²) in [5, 5.41) is 6.73. The predicted octanol–water partition coefficient (Wildman–Crippen LogP) is 1.44. The molecule has 0 aliphatic carbocycles. The van der Waals surface area contributed by atoms with Gasteiger partial charge in [-0.2, -0.15) is 0 Å². The summed E-state index contributed by atoms with van der Waals surface area (Å²) in [7, 11) is 1.84. The molecule has 1 aromatic carbocycles. The Kier molecular flexibility index (Phi) is 7.12. The van der Waals surface area contributed by atoms with Crippen LogP contribution in [0.15, 0.2) is 24.3 Å². The van der Waals surface area contributed by atoms with Gasteiger partial charge in [0, 0.05) is 37.6 Å². The van der Waals surface area contributed by atoms with E-state index in [1.165, 1.54) is 0 Å². The van der Waals surface area contributed by atoms with Gasteiger partial charge in [-0.15, -0.1) is 0 Å². The van der Waals surface area contributed by atoms with Gasteiger partial charge in [0.1, 0.15) is 0 Å². The molecule has 0 aromatic heterocycles. The fourth-order valence-corrected chi connectivity index (χ4v) is 2.80. The molecule has 0 bridgehead atoms. The van der Waals surface area contributed by atoms with Crippen molar-refractivity contribution in [1.29, 1.82) is 0 Å². The van der Waals surface area contributed by atoms with E-state index >= 15 is 0 Å². The molecule has 1 saturated heterocycles. The van der Waals surface area contributed by atoms with Crippen molar-refractivity contribution < 1.29 is 9.53 Å². The molecular formula is C16H24ClN3O2. The number of halogens is 1. The lowest BCUT2D eigenvalue weighted by molar-refractivity contribution is -0.121. The topological polar surface area (TPSA) is 53.6 Å². The van der Waals surface area contributed by atoms with E-state index < -0.39 is 0 Å². The van der Waals surface area contributed by atoms with Gasteiger partial charge in [-0.3, -0.25) is 9.69 Å². The van der Waals surface area contributed by atoms with Crippen LogP contribution in [0.5, 0.6) is 0 Å². The molecule has 0 radical (unpaired) electrons. The van der Waals surface area contributed by atoms with E-state index in [4.69, 9.17) is 16.3 Å². The Morgan fingerprint density at radius 3 is 2.86 bits per heavy atom. The van der Waals surface area contributed by atoms with Crippen LogP contribution in [0.4, 0.5) is 0 Å². The average molecular weight is 326 g/mol. The van der Waals surface area contributed by atoms with E-state index in [0.717, 1.165) is 36.9 Å². The molecule has 1 amide bonds. The SMILES string of the molecule is CNCCC(=O)NCC(c1cccc(Cl)c1)N1CCOCC1. The summed E-state index contributed by atoms with van der Waals surface area (Å²) < 4.78 is 5.42. The third-order valence-corrected chi connectivity index (χ3v) is 4.05. The molecule has 1 aliphatic rings. The van der Waals surface area contributed by atoms with Crippen LogP contribution in [-0.2, 0) is 9.53 Å². The number of ether oxygens (including phenoxy) is 1. The zero-order valence-electron chi connectivity index (χ0n) is 13.0. The number of hydrogen-bond donors (Lipinski definition) is 2. The molecular weight excluding hydrogens is 302 g/mol. The summed E-state index contributed by atoms with van der Waals surface area (Å²) in [6.07, 6.45) is 0.488. The predicted molar refractivity (Wildman–Crippen MR) is 88.1 cm³/mol. The van der Waals surface area contributed by atoms with Crippen LogP contribution < -0.4 is 10.6 Å². The van der Waals surface area contributed by atoms with Gasteiger partial charge in [-0.25, -0.2) is 0 Å². The zero-order chi connectivity index (χ0) is 15.8. The Balaban J connectivity index is 2.03. The number of hydrogen-bond acceptors (Lipinski definition) is 4. The maximum Gasteiger partial charge on any atom is 0.221 e. The molecule has 2 rings (SSSR count). The van der Waals surface area contributed by atoms with Gasteiger partial charge in [0.25, 0.3) is 0 Å². The number of carbonyl (C=O) groups excluding carboxylic acids is 1. The molecule has 1 aromatic rings. The Hall–Kier alpha value is -1.14. The van der Waals surface area contributed by atoms with Crippen molar-refractivity contribution in [3.8, 4) is 0 Å². The van der Waals surface area contributed by atoms with Crippen molar-refractivity contribution in [2.24, 2.45) is 0 Å². The smallest absolute Gasteiger partial charge is 0.221 e. The molecule has 5 nitrogen and oxygen atoms in total. The lowest BCUT2D eigenvalue weighted by Crippen LogP contribution is -2.44. The fourth-order valence-electron chi connectivity index (χ4n) is 2.60. The molecule has 1 aliphatic heterocycles. The highest BCUT2D eigenvalue weighted by Crippen LogP contribution is 2.23. The first kappa shape index (κ1) is 17.2. The van der Waals surface area contributed by atoms with Gasteiger partial charge in [0.2, 0.25) is 5.91 Å². The lowest BCUT2D eigenvalue weighted by Gasteiger charge is -2.35. The summed E-state index contributed by atoms with van der Waals surface area (Å²) in [6.45, 7) is 4.46. The normalized spacial score (nSPS) is 17.2. The van der Waals surface area contributed by atoms with E-state index in [0.29, 0.717) is 19.5 Å². The van der Waals surface area contributed by atoms with Crippen LogP contribution >= 0.6 is 11.6 Å². The second-order valence-electron chi connectivity index (χ2n) is 5.38. The van der Waals surface area contributed by atoms with Crippen molar-refractivity contribution in [1.82, 2.24) is 15.5 Å². The summed E-state index contributed by atoms with van der Waals surface area (Å²) in [5.41, 5.74) is 1.13. The Morgan fingerprint density at radius 1 is 1.41 bits per heavy atom. The Morgan fingerprint density at radius 2 is 2.18 bits per heavy atom. The molecule has 2 N–H and O–H groups in total. The van der Waals surface area contributed by atoms with E-state index in [2.05, 4.69) is 21.6 Å². The summed E-state index contributed by atoms with van der Waals surface area (Å²) in [5.74, 6) is 0.0645. The number of nitrogens with one attached hydrogen (secondary N) is 2. The molecule has 1 heterocycles. The number of benzene rings is 1. The summed E-state index contributed by atoms with van der Waals surface area (Å²) in [4.78, 5) is 14.2. The largest absolute Gasteiger partial charge is 0.379 e. The molecule has 1 atom stereocenters. The highest BCUT2D eigenvalue weighted by Gasteiger charge is 2.23. The van der Waals surface area contributed by atoms with Crippen molar-refractivity contribution in [2.75, 3.05) is 46.4 Å². The lowest BCUT2D eigenvalue weighted by atomic mass is 10.0. The Labute approximate surface area is 137 Å². The minimum atomic E-state index is 0.0645. The standard InChI is InChI=1S/C16H24ClN3O2/c1-18-6-5-16(21)19-12-15(20-7-9-22-10-8-20)13-3-2-4-14(17)11-13/h2-4,11,15,18H,5-10,12H2,1H3,(H,19,21). The zero-order valence-corrected chi connectivity index (χ0v) is 13.7. The van der Waals surface area contributed by atoms with Crippen LogP contribution in [0.3, 0.4) is 0 Å². The van der Waals surface area contributed by atoms with Crippen molar-refractivity contribution in [3.05, 3.63) is 34.9 Å². The van der Waals surface area contributed by atoms with Gasteiger partial charge in [-0.05, 0) is 24.7 Å². The molecule has 0 saturated carbocycles. The van der Waals surface area contributed by atoms with Gasteiger partial charge in [-0.1, -0.05) is 23.7 Å². The summed E-state index contributed by atoms with van der Waals surface area (Å²) in [6, 6.07) is 7.98. The molecule has 1 fully saturated rings. The first-order valence-corrected chi connectivity index (χ1v) is 8.07. The van der Waals surface area contributed by atoms with Gasteiger partial charge in [0.15, 0.2) is 0 Å². The number of amides is 1. The van der Waals surface area contributed by atoms with Gasteiger partial charge in [0.05, 0.1) is 19.3 Å². The van der Waals surface area contributed by atoms with E-state index in [1.54, 1.807) is 0 Å². The first-order chi connectivity index (χ1) is 10.7. The van der Waals surface area contributed by atoms with Crippen LogP contribution in [0, 0.1) is 0 Å². The summed E-state index contributed by atoms with van der Waals surface area (Å²) >= 11 is 6.12. The van der Waals surface area contributed by atoms with E-state index in [9.17, 15) is 4.79 Å². The van der Waals surface area contributed by atoms with E-state index in [-0.39, 0.29) is 11.9 Å². The van der Waals surface area contributed by atoms with Gasteiger partial charge >= 0.3 is 0 Å². The quantitative estimate of drug-likeness (QED) is 0.796. The number of rotatable bonds is 7. The minimum absolute atomic E-state index is 0.0645. The molecule has 0 spiro atoms. The van der Waals surface area contributed by atoms with E-state index in [1.807, 2.05) is 25.2 Å². The number of carbonyl (C=O) groups is 1. The van der Waals surface area contributed by atoms with Crippen LogP contribution in [-0.4, -0.2) is 57.2 Å². The highest BCUT2D eigenvalue weighted by atomic mass is 35.5. The second-order valence-corrected chi connectivity index (χ2v) is 5.81. The third kappa shape index (κ3) is 5.25. The average Bonchev–Trinajstić information content (AvgIpc) is 2.54. The maximum absolute atomic E-state index is 11.9.